The van der Waals surface area contributed by atoms with Gasteiger partial charge in [-0.15, -0.1) is 0 Å². The number of hydrogen-bond acceptors (Lipinski definition) is 2. The van der Waals surface area contributed by atoms with E-state index in [1.54, 1.807) is 0 Å². The Hall–Kier alpha value is -1.55. The number of nitrogens with one attached hydrogen (secondary N) is 3. The zero-order valence-corrected chi connectivity index (χ0v) is 7.59. The summed E-state index contributed by atoms with van der Waals surface area (Å²) in [5.41, 5.74) is 12.8. The van der Waals surface area contributed by atoms with Gasteiger partial charge in [-0.25, -0.2) is 5.43 Å². The Labute approximate surface area is 77.6 Å². The molecule has 0 amide bonds. The van der Waals surface area contributed by atoms with Crippen LogP contribution in [0, 0.1) is 12.3 Å². The fraction of sp³-hybridized carbons (Fsp3) is 0.222. The number of benzene rings is 1. The van der Waals surface area contributed by atoms with E-state index in [2.05, 4.69) is 16.9 Å². The maximum atomic E-state index is 6.91. The monoisotopic (exact) mass is 178 g/mol. The van der Waals surface area contributed by atoms with Crippen LogP contribution in [0.5, 0.6) is 0 Å². The summed E-state index contributed by atoms with van der Waals surface area (Å²) in [6.07, 6.45) is 0. The summed E-state index contributed by atoms with van der Waals surface area (Å²) in [4.78, 5) is 0. The molecule has 5 N–H and O–H groups in total. The highest BCUT2D eigenvalue weighted by molar-refractivity contribution is 5.73. The van der Waals surface area contributed by atoms with E-state index in [1.165, 1.54) is 5.56 Å². The van der Waals surface area contributed by atoms with Crippen molar-refractivity contribution in [2.75, 3.05) is 0 Å². The summed E-state index contributed by atoms with van der Waals surface area (Å²) < 4.78 is 0. The van der Waals surface area contributed by atoms with Crippen molar-refractivity contribution in [3.05, 3.63) is 35.4 Å². The third-order valence-electron chi connectivity index (χ3n) is 1.60. The van der Waals surface area contributed by atoms with Crippen molar-refractivity contribution in [3.63, 3.8) is 0 Å². The number of hydrogen-bond donors (Lipinski definition) is 4. The zero-order chi connectivity index (χ0) is 9.68. The van der Waals surface area contributed by atoms with Gasteiger partial charge in [-0.1, -0.05) is 29.8 Å². The second-order valence-corrected chi connectivity index (χ2v) is 2.88. The van der Waals surface area contributed by atoms with Gasteiger partial charge in [0.05, 0.1) is 0 Å². The van der Waals surface area contributed by atoms with E-state index in [0.717, 1.165) is 5.56 Å². The van der Waals surface area contributed by atoms with E-state index in [1.807, 2.05) is 25.1 Å². The highest BCUT2D eigenvalue weighted by Crippen LogP contribution is 2.02. The Morgan fingerprint density at radius 1 is 1.54 bits per heavy atom. The number of hydrazine groups is 1. The minimum absolute atomic E-state index is 0.0762. The molecule has 70 valence electrons. The fourth-order valence-corrected chi connectivity index (χ4v) is 1.06. The standard InChI is InChI=1S/C9H14N4/c1-7-3-2-4-8(5-7)6-12-13-9(10)11/h2-5,12H,6H2,1H3,(H4,10,11,13). The zero-order valence-electron chi connectivity index (χ0n) is 7.59. The first-order chi connectivity index (χ1) is 6.18. The van der Waals surface area contributed by atoms with Crippen molar-refractivity contribution in [3.8, 4) is 0 Å². The van der Waals surface area contributed by atoms with E-state index < -0.39 is 0 Å². The largest absolute Gasteiger partial charge is 0.369 e. The lowest BCUT2D eigenvalue weighted by Crippen LogP contribution is -2.41. The van der Waals surface area contributed by atoms with Gasteiger partial charge < -0.3 is 5.73 Å². The summed E-state index contributed by atoms with van der Waals surface area (Å²) in [7, 11) is 0. The van der Waals surface area contributed by atoms with Crippen molar-refractivity contribution >= 4 is 5.96 Å². The second kappa shape index (κ2) is 4.47. The van der Waals surface area contributed by atoms with Crippen LogP contribution in [0.3, 0.4) is 0 Å². The molecule has 1 rings (SSSR count). The molecular formula is C9H14N4. The Kier molecular flexibility index (Phi) is 3.28. The van der Waals surface area contributed by atoms with Gasteiger partial charge >= 0.3 is 0 Å². The van der Waals surface area contributed by atoms with Crippen LogP contribution < -0.4 is 16.6 Å². The van der Waals surface area contributed by atoms with Crippen molar-refractivity contribution in [1.82, 2.24) is 10.9 Å². The molecule has 0 aliphatic heterocycles. The molecule has 1 aromatic rings. The molecule has 0 aliphatic carbocycles. The summed E-state index contributed by atoms with van der Waals surface area (Å²) >= 11 is 0. The molecule has 0 unspecified atom stereocenters. The minimum Gasteiger partial charge on any atom is -0.369 e. The SMILES string of the molecule is Cc1cccc(CNNC(=N)N)c1. The lowest BCUT2D eigenvalue weighted by molar-refractivity contribution is 0.646. The van der Waals surface area contributed by atoms with Crippen molar-refractivity contribution in [2.45, 2.75) is 13.5 Å². The molecule has 0 saturated carbocycles. The predicted molar refractivity (Wildman–Crippen MR) is 53.1 cm³/mol. The van der Waals surface area contributed by atoms with Crippen LogP contribution in [-0.4, -0.2) is 5.96 Å². The third-order valence-corrected chi connectivity index (χ3v) is 1.60. The Morgan fingerprint density at radius 2 is 2.31 bits per heavy atom. The lowest BCUT2D eigenvalue weighted by Gasteiger charge is -2.06. The average Bonchev–Trinajstić information content (AvgIpc) is 2.03. The Balaban J connectivity index is 2.41. The summed E-state index contributed by atoms with van der Waals surface area (Å²) in [5, 5.41) is 6.91. The van der Waals surface area contributed by atoms with Gasteiger partial charge in [0.15, 0.2) is 5.96 Å². The number of guanidine groups is 1. The molecule has 0 radical (unpaired) electrons. The van der Waals surface area contributed by atoms with Crippen LogP contribution in [0.1, 0.15) is 11.1 Å². The summed E-state index contributed by atoms with van der Waals surface area (Å²) in [5.74, 6) is -0.0762. The highest BCUT2D eigenvalue weighted by Gasteiger charge is 1.91. The molecule has 0 fully saturated rings. The second-order valence-electron chi connectivity index (χ2n) is 2.88. The molecule has 0 bridgehead atoms. The molecular weight excluding hydrogens is 164 g/mol. The van der Waals surface area contributed by atoms with E-state index in [9.17, 15) is 0 Å². The fourth-order valence-electron chi connectivity index (χ4n) is 1.06. The molecule has 4 nitrogen and oxygen atoms in total. The van der Waals surface area contributed by atoms with E-state index >= 15 is 0 Å². The smallest absolute Gasteiger partial charge is 0.200 e. The number of aryl methyl sites for hydroxylation is 1. The van der Waals surface area contributed by atoms with Gasteiger partial charge in [0.1, 0.15) is 0 Å². The normalized spacial score (nSPS) is 9.62. The van der Waals surface area contributed by atoms with Gasteiger partial charge in [-0.3, -0.25) is 10.8 Å². The van der Waals surface area contributed by atoms with Crippen LogP contribution in [0.15, 0.2) is 24.3 Å². The molecule has 0 atom stereocenters. The first-order valence-electron chi connectivity index (χ1n) is 4.07. The van der Waals surface area contributed by atoms with Crippen molar-refractivity contribution < 1.29 is 0 Å². The van der Waals surface area contributed by atoms with Gasteiger partial charge in [0.2, 0.25) is 0 Å². The first-order valence-corrected chi connectivity index (χ1v) is 4.07. The van der Waals surface area contributed by atoms with Crippen LogP contribution >= 0.6 is 0 Å². The maximum absolute atomic E-state index is 6.91. The molecule has 1 aromatic carbocycles. The number of nitrogens with two attached hydrogens (primary N) is 1. The summed E-state index contributed by atoms with van der Waals surface area (Å²) in [6.45, 7) is 2.70. The molecule has 13 heavy (non-hydrogen) atoms. The molecule has 0 aromatic heterocycles. The maximum Gasteiger partial charge on any atom is 0.200 e. The Bertz CT molecular complexity index is 295. The topological polar surface area (TPSA) is 73.9 Å². The minimum atomic E-state index is -0.0762. The van der Waals surface area contributed by atoms with Crippen LogP contribution in [0.4, 0.5) is 0 Å². The first kappa shape index (κ1) is 9.54. The van der Waals surface area contributed by atoms with Gasteiger partial charge in [0.25, 0.3) is 0 Å². The molecule has 0 spiro atoms. The van der Waals surface area contributed by atoms with E-state index in [4.69, 9.17) is 11.1 Å². The van der Waals surface area contributed by atoms with Crippen molar-refractivity contribution in [2.24, 2.45) is 5.73 Å². The lowest BCUT2D eigenvalue weighted by atomic mass is 10.1. The van der Waals surface area contributed by atoms with Gasteiger partial charge in [0, 0.05) is 6.54 Å². The number of rotatable bonds is 3. The molecule has 0 heterocycles. The third kappa shape index (κ3) is 3.57. The van der Waals surface area contributed by atoms with Gasteiger partial charge in [-0.2, -0.15) is 0 Å². The van der Waals surface area contributed by atoms with E-state index in [0.29, 0.717) is 6.54 Å². The van der Waals surface area contributed by atoms with Crippen LogP contribution in [-0.2, 0) is 6.54 Å². The van der Waals surface area contributed by atoms with E-state index in [-0.39, 0.29) is 5.96 Å². The predicted octanol–water partition coefficient (Wildman–Crippen LogP) is 0.483. The van der Waals surface area contributed by atoms with Gasteiger partial charge in [-0.05, 0) is 12.5 Å². The quantitative estimate of drug-likeness (QED) is 0.309. The molecule has 0 saturated heterocycles. The van der Waals surface area contributed by atoms with Crippen LogP contribution in [0.2, 0.25) is 0 Å². The highest BCUT2D eigenvalue weighted by atomic mass is 15.4. The molecule has 0 aliphatic rings. The molecule has 4 heteroatoms. The summed E-state index contributed by atoms with van der Waals surface area (Å²) in [6, 6.07) is 8.14. The Morgan fingerprint density at radius 3 is 2.92 bits per heavy atom. The van der Waals surface area contributed by atoms with Crippen molar-refractivity contribution in [1.29, 1.82) is 5.41 Å². The van der Waals surface area contributed by atoms with Crippen LogP contribution in [0.25, 0.3) is 0 Å². The average molecular weight is 178 g/mol.